The molecule has 86 valence electrons. The van der Waals surface area contributed by atoms with Crippen LogP contribution in [0.4, 0.5) is 0 Å². The van der Waals surface area contributed by atoms with Crippen LogP contribution in [0, 0.1) is 0 Å². The van der Waals surface area contributed by atoms with E-state index >= 15 is 0 Å². The number of aliphatic hydroxyl groups excluding tert-OH is 1. The molecule has 2 rings (SSSR count). The Bertz CT molecular complexity index is 349. The molecular weight excluding hydrogens is 208 g/mol. The summed E-state index contributed by atoms with van der Waals surface area (Å²) in [7, 11) is 0. The highest BCUT2D eigenvalue weighted by Gasteiger charge is 2.31. The summed E-state index contributed by atoms with van der Waals surface area (Å²) in [5.74, 6) is -0.366. The Morgan fingerprint density at radius 1 is 1.44 bits per heavy atom. The molecule has 1 fully saturated rings. The van der Waals surface area contributed by atoms with Crippen LogP contribution in [0.3, 0.4) is 0 Å². The van der Waals surface area contributed by atoms with E-state index in [-0.39, 0.29) is 24.8 Å². The van der Waals surface area contributed by atoms with E-state index in [2.05, 4.69) is 0 Å². The Hall–Kier alpha value is -1.39. The van der Waals surface area contributed by atoms with Crippen LogP contribution in [-0.2, 0) is 9.47 Å². The standard InChI is InChI=1S/C12H14O4/c13-8-11-10(6-7-15-11)16-12(14)9-4-2-1-3-5-9/h1-5,10-11,13H,6-8H2. The van der Waals surface area contributed by atoms with Gasteiger partial charge in [-0.25, -0.2) is 4.79 Å². The zero-order valence-electron chi connectivity index (χ0n) is 8.83. The molecule has 4 nitrogen and oxygen atoms in total. The zero-order chi connectivity index (χ0) is 11.4. The zero-order valence-corrected chi connectivity index (χ0v) is 8.83. The summed E-state index contributed by atoms with van der Waals surface area (Å²) in [6.45, 7) is 0.407. The maximum absolute atomic E-state index is 11.7. The molecule has 1 heterocycles. The molecule has 1 aliphatic rings. The maximum Gasteiger partial charge on any atom is 0.338 e. The van der Waals surface area contributed by atoms with Crippen LogP contribution < -0.4 is 0 Å². The number of esters is 1. The van der Waals surface area contributed by atoms with E-state index in [9.17, 15) is 4.79 Å². The van der Waals surface area contributed by atoms with Crippen molar-refractivity contribution in [3.63, 3.8) is 0 Å². The molecular formula is C12H14O4. The Morgan fingerprint density at radius 3 is 2.88 bits per heavy atom. The van der Waals surface area contributed by atoms with E-state index < -0.39 is 0 Å². The quantitative estimate of drug-likeness (QED) is 0.775. The summed E-state index contributed by atoms with van der Waals surface area (Å²) in [6, 6.07) is 8.81. The average Bonchev–Trinajstić information content (AvgIpc) is 2.77. The van der Waals surface area contributed by atoms with E-state index in [1.54, 1.807) is 24.3 Å². The topological polar surface area (TPSA) is 55.8 Å². The first-order valence-corrected chi connectivity index (χ1v) is 5.30. The predicted octanol–water partition coefficient (Wildman–Crippen LogP) is 0.993. The Labute approximate surface area is 93.8 Å². The highest BCUT2D eigenvalue weighted by Crippen LogP contribution is 2.18. The minimum absolute atomic E-state index is 0.118. The molecule has 1 aliphatic heterocycles. The first kappa shape index (κ1) is 11.1. The Morgan fingerprint density at radius 2 is 2.19 bits per heavy atom. The first-order chi connectivity index (χ1) is 7.81. The summed E-state index contributed by atoms with van der Waals surface area (Å²) in [6.07, 6.45) is -0.0746. The first-order valence-electron chi connectivity index (χ1n) is 5.30. The van der Waals surface area contributed by atoms with Crippen LogP contribution in [0.2, 0.25) is 0 Å². The van der Waals surface area contributed by atoms with Crippen molar-refractivity contribution < 1.29 is 19.4 Å². The number of carbonyl (C=O) groups is 1. The minimum atomic E-state index is -0.382. The molecule has 4 heteroatoms. The number of ether oxygens (including phenoxy) is 2. The van der Waals surface area contributed by atoms with Gasteiger partial charge in [0.05, 0.1) is 18.8 Å². The largest absolute Gasteiger partial charge is 0.456 e. The van der Waals surface area contributed by atoms with Gasteiger partial charge in [-0.05, 0) is 12.1 Å². The molecule has 0 amide bonds. The molecule has 0 bridgehead atoms. The fraction of sp³-hybridized carbons (Fsp3) is 0.417. The number of rotatable bonds is 3. The summed E-state index contributed by atoms with van der Waals surface area (Å²) >= 11 is 0. The number of benzene rings is 1. The smallest absolute Gasteiger partial charge is 0.338 e. The molecule has 0 spiro atoms. The molecule has 1 N–H and O–H groups in total. The van der Waals surface area contributed by atoms with E-state index in [1.165, 1.54) is 0 Å². The van der Waals surface area contributed by atoms with Crippen molar-refractivity contribution in [2.24, 2.45) is 0 Å². The third-order valence-corrected chi connectivity index (χ3v) is 2.60. The van der Waals surface area contributed by atoms with Gasteiger partial charge in [0.1, 0.15) is 12.2 Å². The fourth-order valence-corrected chi connectivity index (χ4v) is 1.71. The molecule has 1 saturated heterocycles. The van der Waals surface area contributed by atoms with Gasteiger partial charge in [-0.2, -0.15) is 0 Å². The molecule has 16 heavy (non-hydrogen) atoms. The van der Waals surface area contributed by atoms with Gasteiger partial charge in [0, 0.05) is 6.42 Å². The Balaban J connectivity index is 1.97. The maximum atomic E-state index is 11.7. The second-order valence-corrected chi connectivity index (χ2v) is 3.69. The second-order valence-electron chi connectivity index (χ2n) is 3.69. The minimum Gasteiger partial charge on any atom is -0.456 e. The van der Waals surface area contributed by atoms with Crippen molar-refractivity contribution in [2.45, 2.75) is 18.6 Å². The lowest BCUT2D eigenvalue weighted by Gasteiger charge is -2.16. The highest BCUT2D eigenvalue weighted by atomic mass is 16.6. The van der Waals surface area contributed by atoms with Gasteiger partial charge in [0.25, 0.3) is 0 Å². The molecule has 0 aliphatic carbocycles. The summed E-state index contributed by atoms with van der Waals surface area (Å²) in [5.41, 5.74) is 0.520. The lowest BCUT2D eigenvalue weighted by molar-refractivity contribution is -0.0188. The molecule has 0 aromatic heterocycles. The van der Waals surface area contributed by atoms with Gasteiger partial charge in [-0.15, -0.1) is 0 Å². The van der Waals surface area contributed by atoms with Gasteiger partial charge in [0.2, 0.25) is 0 Å². The second kappa shape index (κ2) is 5.09. The molecule has 2 unspecified atom stereocenters. The van der Waals surface area contributed by atoms with Gasteiger partial charge in [-0.3, -0.25) is 0 Å². The third kappa shape index (κ3) is 2.40. The monoisotopic (exact) mass is 222 g/mol. The molecule has 0 radical (unpaired) electrons. The van der Waals surface area contributed by atoms with Gasteiger partial charge < -0.3 is 14.6 Å². The van der Waals surface area contributed by atoms with E-state index in [0.29, 0.717) is 18.6 Å². The third-order valence-electron chi connectivity index (χ3n) is 2.60. The van der Waals surface area contributed by atoms with E-state index in [4.69, 9.17) is 14.6 Å². The number of carbonyl (C=O) groups excluding carboxylic acids is 1. The van der Waals surface area contributed by atoms with Crippen LogP contribution in [0.25, 0.3) is 0 Å². The molecule has 0 saturated carbocycles. The van der Waals surface area contributed by atoms with Crippen LogP contribution in [0.5, 0.6) is 0 Å². The van der Waals surface area contributed by atoms with Gasteiger partial charge in [-0.1, -0.05) is 18.2 Å². The number of hydrogen-bond donors (Lipinski definition) is 1. The SMILES string of the molecule is O=C(OC1CCOC1CO)c1ccccc1. The summed E-state index contributed by atoms with van der Waals surface area (Å²) in [5, 5.41) is 9.00. The predicted molar refractivity (Wildman–Crippen MR) is 57.1 cm³/mol. The van der Waals surface area contributed by atoms with Crippen LogP contribution in [-0.4, -0.2) is 36.5 Å². The molecule has 2 atom stereocenters. The van der Waals surface area contributed by atoms with E-state index in [0.717, 1.165) is 0 Å². The summed E-state index contributed by atoms with van der Waals surface area (Å²) < 4.78 is 10.5. The lowest BCUT2D eigenvalue weighted by Crippen LogP contribution is -2.30. The van der Waals surface area contributed by atoms with Crippen molar-refractivity contribution in [3.05, 3.63) is 35.9 Å². The van der Waals surface area contributed by atoms with Crippen molar-refractivity contribution >= 4 is 5.97 Å². The molecule has 1 aromatic rings. The van der Waals surface area contributed by atoms with Crippen LogP contribution in [0.15, 0.2) is 30.3 Å². The van der Waals surface area contributed by atoms with Crippen molar-refractivity contribution in [1.29, 1.82) is 0 Å². The lowest BCUT2D eigenvalue weighted by atomic mass is 10.2. The van der Waals surface area contributed by atoms with Crippen molar-refractivity contribution in [3.8, 4) is 0 Å². The van der Waals surface area contributed by atoms with Crippen LogP contribution in [0.1, 0.15) is 16.8 Å². The Kier molecular flexibility index (Phi) is 3.54. The van der Waals surface area contributed by atoms with Gasteiger partial charge in [0.15, 0.2) is 0 Å². The summed E-state index contributed by atoms with van der Waals surface area (Å²) in [4.78, 5) is 11.7. The highest BCUT2D eigenvalue weighted by molar-refractivity contribution is 5.89. The van der Waals surface area contributed by atoms with Crippen molar-refractivity contribution in [2.75, 3.05) is 13.2 Å². The number of aliphatic hydroxyl groups is 1. The van der Waals surface area contributed by atoms with Gasteiger partial charge >= 0.3 is 5.97 Å². The van der Waals surface area contributed by atoms with E-state index in [1.807, 2.05) is 6.07 Å². The van der Waals surface area contributed by atoms with Crippen molar-refractivity contribution in [1.82, 2.24) is 0 Å². The number of hydrogen-bond acceptors (Lipinski definition) is 4. The van der Waals surface area contributed by atoms with Crippen LogP contribution >= 0.6 is 0 Å². The average molecular weight is 222 g/mol. The molecule has 1 aromatic carbocycles. The fourth-order valence-electron chi connectivity index (χ4n) is 1.71. The normalized spacial score (nSPS) is 24.3.